The van der Waals surface area contributed by atoms with Crippen molar-refractivity contribution in [1.29, 1.82) is 0 Å². The Bertz CT molecular complexity index is 363. The topological polar surface area (TPSA) is 75.3 Å². The van der Waals surface area contributed by atoms with Crippen molar-refractivity contribution in [2.75, 3.05) is 5.73 Å². The summed E-state index contributed by atoms with van der Waals surface area (Å²) in [5, 5.41) is 11.9. The molecule has 0 radical (unpaired) electrons. The molecule has 4 N–H and O–H groups in total. The number of aliphatic hydroxyl groups is 1. The van der Waals surface area contributed by atoms with E-state index in [-0.39, 0.29) is 18.1 Å². The molecule has 1 amide bonds. The first kappa shape index (κ1) is 10.4. The molecule has 0 spiro atoms. The van der Waals surface area contributed by atoms with Crippen LogP contribution in [0, 0.1) is 6.92 Å². The van der Waals surface area contributed by atoms with Gasteiger partial charge in [-0.05, 0) is 25.8 Å². The fourth-order valence-electron chi connectivity index (χ4n) is 1.57. The molecule has 0 unspecified atom stereocenters. The summed E-state index contributed by atoms with van der Waals surface area (Å²) in [7, 11) is 0. The molecule has 1 saturated carbocycles. The molecule has 5 heteroatoms. The number of thiophene rings is 1. The number of nitrogens with two attached hydrogens (primary N) is 1. The van der Waals surface area contributed by atoms with Gasteiger partial charge in [0.15, 0.2) is 0 Å². The monoisotopic (exact) mass is 226 g/mol. The van der Waals surface area contributed by atoms with E-state index in [0.29, 0.717) is 23.4 Å². The van der Waals surface area contributed by atoms with Crippen molar-refractivity contribution in [1.82, 2.24) is 5.32 Å². The van der Waals surface area contributed by atoms with Crippen LogP contribution in [0.3, 0.4) is 0 Å². The van der Waals surface area contributed by atoms with Crippen molar-refractivity contribution in [2.45, 2.75) is 31.9 Å². The molecular weight excluding hydrogens is 212 g/mol. The van der Waals surface area contributed by atoms with Crippen LogP contribution in [0.2, 0.25) is 0 Å². The minimum Gasteiger partial charge on any atom is -0.398 e. The van der Waals surface area contributed by atoms with Crippen molar-refractivity contribution in [3.8, 4) is 0 Å². The zero-order chi connectivity index (χ0) is 11.0. The van der Waals surface area contributed by atoms with Crippen molar-refractivity contribution in [2.24, 2.45) is 0 Å². The molecule has 0 atom stereocenters. The molecule has 1 aliphatic rings. The third-order valence-corrected chi connectivity index (χ3v) is 3.69. The molecule has 82 valence electrons. The second kappa shape index (κ2) is 3.83. The van der Waals surface area contributed by atoms with E-state index in [4.69, 9.17) is 10.8 Å². The number of carbonyl (C=O) groups is 1. The summed E-state index contributed by atoms with van der Waals surface area (Å²) in [6, 6.07) is 1.82. The Balaban J connectivity index is 1.96. The zero-order valence-corrected chi connectivity index (χ0v) is 9.30. The van der Waals surface area contributed by atoms with Gasteiger partial charge in [-0.3, -0.25) is 4.79 Å². The summed E-state index contributed by atoms with van der Waals surface area (Å²) in [6.45, 7) is 1.89. The summed E-state index contributed by atoms with van der Waals surface area (Å²) < 4.78 is 0. The van der Waals surface area contributed by atoms with Crippen LogP contribution in [0.25, 0.3) is 0 Å². The average molecular weight is 226 g/mol. The maximum atomic E-state index is 11.7. The van der Waals surface area contributed by atoms with Crippen molar-refractivity contribution < 1.29 is 9.90 Å². The van der Waals surface area contributed by atoms with Gasteiger partial charge in [0.1, 0.15) is 0 Å². The van der Waals surface area contributed by atoms with Crippen LogP contribution in [0.5, 0.6) is 0 Å². The van der Waals surface area contributed by atoms with Gasteiger partial charge in [-0.25, -0.2) is 0 Å². The molecule has 1 aromatic rings. The minimum absolute atomic E-state index is 0.0864. The van der Waals surface area contributed by atoms with Crippen LogP contribution in [-0.4, -0.2) is 23.2 Å². The number of anilines is 1. The van der Waals surface area contributed by atoms with Crippen molar-refractivity contribution >= 4 is 22.9 Å². The fourth-order valence-corrected chi connectivity index (χ4v) is 2.41. The number of rotatable bonds is 2. The third-order valence-electron chi connectivity index (χ3n) is 2.63. The predicted molar refractivity (Wildman–Crippen MR) is 60.0 cm³/mol. The molecule has 1 aliphatic carbocycles. The number of hydrogen-bond donors (Lipinski definition) is 3. The smallest absolute Gasteiger partial charge is 0.261 e. The van der Waals surface area contributed by atoms with E-state index < -0.39 is 0 Å². The number of amides is 1. The van der Waals surface area contributed by atoms with Crippen LogP contribution in [0.15, 0.2) is 6.07 Å². The Kier molecular flexibility index (Phi) is 2.67. The Labute approximate surface area is 92.1 Å². The molecule has 0 saturated heterocycles. The standard InChI is InChI=1S/C10H14N2O2S/c1-5-8(11)4-9(15-5)10(14)12-6-2-7(13)3-6/h4,6-7,13H,2-3,11H2,1H3,(H,12,14). The molecule has 1 fully saturated rings. The van der Waals surface area contributed by atoms with Crippen LogP contribution in [0.4, 0.5) is 5.69 Å². The van der Waals surface area contributed by atoms with Crippen molar-refractivity contribution in [3.63, 3.8) is 0 Å². The number of nitrogen functional groups attached to an aromatic ring is 1. The molecule has 4 nitrogen and oxygen atoms in total. The first-order chi connectivity index (χ1) is 7.06. The highest BCUT2D eigenvalue weighted by Crippen LogP contribution is 2.25. The quantitative estimate of drug-likeness (QED) is 0.701. The maximum Gasteiger partial charge on any atom is 0.261 e. The van der Waals surface area contributed by atoms with Crippen LogP contribution < -0.4 is 11.1 Å². The van der Waals surface area contributed by atoms with Gasteiger partial charge in [0.25, 0.3) is 5.91 Å². The van der Waals surface area contributed by atoms with Crippen LogP contribution in [0.1, 0.15) is 27.4 Å². The summed E-state index contributed by atoms with van der Waals surface area (Å²) in [4.78, 5) is 13.3. The lowest BCUT2D eigenvalue weighted by Crippen LogP contribution is -2.46. The number of aliphatic hydroxyl groups excluding tert-OH is 1. The maximum absolute atomic E-state index is 11.7. The van der Waals surface area contributed by atoms with E-state index in [1.807, 2.05) is 6.92 Å². The van der Waals surface area contributed by atoms with E-state index in [9.17, 15) is 4.79 Å². The SMILES string of the molecule is Cc1sc(C(=O)NC2CC(O)C2)cc1N. The van der Waals surface area contributed by atoms with Crippen LogP contribution in [-0.2, 0) is 0 Å². The predicted octanol–water partition coefficient (Wildman–Crippen LogP) is 0.892. The van der Waals surface area contributed by atoms with E-state index in [0.717, 1.165) is 4.88 Å². The van der Waals surface area contributed by atoms with Gasteiger partial charge in [-0.2, -0.15) is 0 Å². The molecule has 0 bridgehead atoms. The molecular formula is C10H14N2O2S. The second-order valence-corrected chi connectivity index (χ2v) is 5.17. The lowest BCUT2D eigenvalue weighted by Gasteiger charge is -2.31. The second-order valence-electron chi connectivity index (χ2n) is 3.92. The van der Waals surface area contributed by atoms with Gasteiger partial charge in [-0.15, -0.1) is 11.3 Å². The van der Waals surface area contributed by atoms with E-state index in [1.165, 1.54) is 11.3 Å². The lowest BCUT2D eigenvalue weighted by molar-refractivity contribution is 0.0564. The minimum atomic E-state index is -0.245. The molecule has 1 heterocycles. The molecule has 1 aromatic heterocycles. The number of hydrogen-bond acceptors (Lipinski definition) is 4. The first-order valence-corrected chi connectivity index (χ1v) is 5.72. The number of aryl methyl sites for hydroxylation is 1. The average Bonchev–Trinajstić information content (AvgIpc) is 2.44. The lowest BCUT2D eigenvalue weighted by atomic mass is 9.89. The summed E-state index contributed by atoms with van der Waals surface area (Å²) >= 11 is 1.40. The normalized spacial score (nSPS) is 24.7. The Morgan fingerprint density at radius 2 is 2.33 bits per heavy atom. The van der Waals surface area contributed by atoms with Gasteiger partial charge in [-0.1, -0.05) is 0 Å². The van der Waals surface area contributed by atoms with Gasteiger partial charge in [0.05, 0.1) is 11.0 Å². The molecule has 2 rings (SSSR count). The highest BCUT2D eigenvalue weighted by Gasteiger charge is 2.28. The highest BCUT2D eigenvalue weighted by atomic mass is 32.1. The largest absolute Gasteiger partial charge is 0.398 e. The first-order valence-electron chi connectivity index (χ1n) is 4.91. The summed E-state index contributed by atoms with van der Waals surface area (Å²) in [5.41, 5.74) is 6.33. The van der Waals surface area contributed by atoms with Gasteiger partial charge in [0, 0.05) is 16.6 Å². The fraction of sp³-hybridized carbons (Fsp3) is 0.500. The van der Waals surface area contributed by atoms with E-state index in [1.54, 1.807) is 6.07 Å². The Hall–Kier alpha value is -1.07. The number of nitrogens with one attached hydrogen (secondary N) is 1. The van der Waals surface area contributed by atoms with Crippen LogP contribution >= 0.6 is 11.3 Å². The van der Waals surface area contributed by atoms with E-state index >= 15 is 0 Å². The van der Waals surface area contributed by atoms with Gasteiger partial charge >= 0.3 is 0 Å². The van der Waals surface area contributed by atoms with E-state index in [2.05, 4.69) is 5.32 Å². The number of carbonyl (C=O) groups excluding carboxylic acids is 1. The Morgan fingerprint density at radius 3 is 2.80 bits per heavy atom. The summed E-state index contributed by atoms with van der Waals surface area (Å²) in [5.74, 6) is -0.0864. The van der Waals surface area contributed by atoms with Crippen molar-refractivity contribution in [3.05, 3.63) is 15.8 Å². The zero-order valence-electron chi connectivity index (χ0n) is 8.49. The summed E-state index contributed by atoms with van der Waals surface area (Å²) in [6.07, 6.45) is 1.07. The third kappa shape index (κ3) is 2.13. The highest BCUT2D eigenvalue weighted by molar-refractivity contribution is 7.14. The molecule has 0 aromatic carbocycles. The molecule has 15 heavy (non-hydrogen) atoms. The van der Waals surface area contributed by atoms with Gasteiger partial charge in [0.2, 0.25) is 0 Å². The van der Waals surface area contributed by atoms with Gasteiger partial charge < -0.3 is 16.2 Å². The Morgan fingerprint density at radius 1 is 1.67 bits per heavy atom. The molecule has 0 aliphatic heterocycles.